The second-order valence-corrected chi connectivity index (χ2v) is 11.8. The summed E-state index contributed by atoms with van der Waals surface area (Å²) >= 11 is 2.76. The predicted molar refractivity (Wildman–Crippen MR) is 133 cm³/mol. The first-order valence-corrected chi connectivity index (χ1v) is 13.8. The van der Waals surface area contributed by atoms with Gasteiger partial charge in [-0.05, 0) is 22.9 Å². The summed E-state index contributed by atoms with van der Waals surface area (Å²) in [7, 11) is -4.11. The summed E-state index contributed by atoms with van der Waals surface area (Å²) in [5, 5.41) is 37.4. The largest absolute Gasteiger partial charge is 0.491 e. The van der Waals surface area contributed by atoms with Crippen molar-refractivity contribution < 1.29 is 42.5 Å². The number of rotatable bonds is 6. The van der Waals surface area contributed by atoms with Gasteiger partial charge in [-0.1, -0.05) is 0 Å². The average molecular weight is 643 g/mol. The number of fused-ring (bicyclic) bond motifs is 2. The molecule has 40 heavy (non-hydrogen) atoms. The molecule has 0 amide bonds. The van der Waals surface area contributed by atoms with E-state index in [9.17, 15) is 24.8 Å². The predicted octanol–water partition coefficient (Wildman–Crippen LogP) is 1.02. The quantitative estimate of drug-likeness (QED) is 0.167. The number of hydrogen-bond acceptors (Lipinski definition) is 14. The third-order valence-corrected chi connectivity index (χ3v) is 8.79. The van der Waals surface area contributed by atoms with E-state index in [4.69, 9.17) is 24.3 Å². The smallest absolute Gasteiger partial charge is 0.459 e. The van der Waals surface area contributed by atoms with Crippen molar-refractivity contribution in [3.05, 3.63) is 34.9 Å². The molecule has 0 aliphatic carbocycles. The summed E-state index contributed by atoms with van der Waals surface area (Å²) < 4.78 is 49.2. The first kappa shape index (κ1) is 28.1. The Morgan fingerprint density at radius 1 is 1.48 bits per heavy atom. The molecule has 3 aromatic rings. The van der Waals surface area contributed by atoms with Gasteiger partial charge in [0.25, 0.3) is 5.88 Å². The zero-order valence-electron chi connectivity index (χ0n) is 20.7. The maximum atomic E-state index is 16.1. The number of anilines is 1. The fraction of sp³-hybridized carbons (Fsp3) is 0.429. The third-order valence-electron chi connectivity index (χ3n) is 6.31. The van der Waals surface area contributed by atoms with E-state index in [0.29, 0.717) is 16.8 Å². The van der Waals surface area contributed by atoms with E-state index in [0.717, 1.165) is 10.7 Å². The van der Waals surface area contributed by atoms with Gasteiger partial charge < -0.3 is 29.9 Å². The molecule has 5 N–H and O–H groups in total. The highest BCUT2D eigenvalue weighted by molar-refractivity contribution is 9.10. The van der Waals surface area contributed by atoms with Gasteiger partial charge in [-0.15, -0.1) is 5.10 Å². The SMILES string of the molecule is CC(=O)OCc1cnc(C)c2c1CNP(=O)(OC[C@H]1O[C@@](C#N)(c3cnc4c(O)nc(N)nn34)[C@@](F)(Br)C1O)O2. The lowest BCUT2D eigenvalue weighted by molar-refractivity contribution is -0.142. The number of ether oxygens (including phenoxy) is 2. The van der Waals surface area contributed by atoms with E-state index < -0.39 is 54.5 Å². The Bertz CT molecular complexity index is 1620. The number of aromatic nitrogens is 5. The zero-order valence-corrected chi connectivity index (χ0v) is 23.2. The molecule has 212 valence electrons. The van der Waals surface area contributed by atoms with Crippen LogP contribution in [0.1, 0.15) is 29.4 Å². The van der Waals surface area contributed by atoms with Crippen molar-refractivity contribution >= 4 is 41.2 Å². The standard InChI is InChI=1S/C21H21BrFN8O8P/c1-9-15-12(11(3-26-9)6-36-10(2)32)4-28-40(35,39-15)37-7-13-16(33)21(22,23)20(8-24,38-13)14-5-27-17-18(34)29-19(25)30-31(14)17/h3,5,13,16,33H,4,6-7H2,1-2H3,(H,28,35)(H3,25,29,30,34)/t13-,16?,20+,21-,40?/m1/s1. The van der Waals surface area contributed by atoms with Crippen LogP contribution in [-0.4, -0.2) is 64.1 Å². The number of halogens is 2. The average Bonchev–Trinajstić information content (AvgIpc) is 3.40. The molecule has 3 aromatic heterocycles. The van der Waals surface area contributed by atoms with Gasteiger partial charge >= 0.3 is 13.7 Å². The van der Waals surface area contributed by atoms with Crippen molar-refractivity contribution in [2.45, 2.75) is 49.4 Å². The van der Waals surface area contributed by atoms with Crippen molar-refractivity contribution in [3.63, 3.8) is 0 Å². The summed E-state index contributed by atoms with van der Waals surface area (Å²) in [5.74, 6) is -1.39. The van der Waals surface area contributed by atoms with Crippen molar-refractivity contribution in [3.8, 4) is 17.7 Å². The molecule has 2 aliphatic heterocycles. The lowest BCUT2D eigenvalue weighted by Gasteiger charge is -2.29. The molecule has 0 spiro atoms. The number of alkyl halides is 2. The van der Waals surface area contributed by atoms with Crippen LogP contribution in [0.4, 0.5) is 10.3 Å². The maximum Gasteiger partial charge on any atom is 0.459 e. The molecule has 5 rings (SSSR count). The molecule has 0 aromatic carbocycles. The van der Waals surface area contributed by atoms with Crippen LogP contribution in [0, 0.1) is 18.3 Å². The van der Waals surface area contributed by atoms with Crippen LogP contribution in [0.2, 0.25) is 0 Å². The molecule has 1 fully saturated rings. The Kier molecular flexibility index (Phi) is 6.93. The number of nitrogens with two attached hydrogens (primary N) is 1. The van der Waals surface area contributed by atoms with Gasteiger partial charge in [-0.25, -0.2) is 23.5 Å². The Morgan fingerprint density at radius 3 is 2.92 bits per heavy atom. The zero-order chi connectivity index (χ0) is 29.0. The summed E-state index contributed by atoms with van der Waals surface area (Å²) in [6.45, 7) is 2.08. The number of hydrogen-bond donors (Lipinski definition) is 4. The van der Waals surface area contributed by atoms with Crippen LogP contribution in [-0.2, 0) is 42.1 Å². The van der Waals surface area contributed by atoms with Crippen LogP contribution in [0.15, 0.2) is 12.4 Å². The third kappa shape index (κ3) is 4.44. The number of aromatic hydroxyl groups is 1. The van der Waals surface area contributed by atoms with E-state index in [1.165, 1.54) is 13.1 Å². The minimum absolute atomic E-state index is 0.0132. The highest BCUT2D eigenvalue weighted by Gasteiger charge is 2.69. The molecule has 2 unspecified atom stereocenters. The van der Waals surface area contributed by atoms with Gasteiger partial charge in [-0.3, -0.25) is 14.3 Å². The number of carbonyl (C=O) groups is 1. The fourth-order valence-corrected chi connectivity index (χ4v) is 6.38. The first-order chi connectivity index (χ1) is 18.8. The molecule has 5 heterocycles. The Balaban J connectivity index is 1.39. The Morgan fingerprint density at radius 2 is 2.23 bits per heavy atom. The van der Waals surface area contributed by atoms with Crippen LogP contribution in [0.3, 0.4) is 0 Å². The molecule has 16 nitrogen and oxygen atoms in total. The number of pyridine rings is 1. The number of imidazole rings is 1. The number of esters is 1. The number of aliphatic hydroxyl groups is 1. The van der Waals surface area contributed by atoms with Crippen LogP contribution in [0.5, 0.6) is 11.6 Å². The van der Waals surface area contributed by atoms with E-state index >= 15 is 4.39 Å². The van der Waals surface area contributed by atoms with Gasteiger partial charge in [0.15, 0.2) is 5.75 Å². The minimum atomic E-state index is -4.11. The maximum absolute atomic E-state index is 16.1. The van der Waals surface area contributed by atoms with E-state index in [-0.39, 0.29) is 30.2 Å². The Hall–Kier alpha value is -3.46. The first-order valence-electron chi connectivity index (χ1n) is 11.5. The van der Waals surface area contributed by atoms with Crippen LogP contribution < -0.4 is 15.3 Å². The van der Waals surface area contributed by atoms with Gasteiger partial charge in [0.1, 0.15) is 30.6 Å². The van der Waals surface area contributed by atoms with E-state index in [1.54, 1.807) is 13.0 Å². The number of nitrogens with zero attached hydrogens (tertiary/aromatic N) is 6. The monoisotopic (exact) mass is 642 g/mol. The molecule has 0 bridgehead atoms. The fourth-order valence-electron chi connectivity index (χ4n) is 4.32. The lowest BCUT2D eigenvalue weighted by Crippen LogP contribution is -2.46. The minimum Gasteiger partial charge on any atom is -0.491 e. The highest BCUT2D eigenvalue weighted by Crippen LogP contribution is 2.55. The molecular formula is C21H21BrFN8O8P. The second-order valence-electron chi connectivity index (χ2n) is 8.87. The number of nitrogen functional groups attached to an aromatic ring is 1. The summed E-state index contributed by atoms with van der Waals surface area (Å²) in [6, 6.07) is 1.69. The summed E-state index contributed by atoms with van der Waals surface area (Å²) in [4.78, 5) is 22.8. The molecule has 19 heteroatoms. The van der Waals surface area contributed by atoms with Crippen molar-refractivity contribution in [1.29, 1.82) is 5.26 Å². The molecule has 0 radical (unpaired) electrons. The van der Waals surface area contributed by atoms with Crippen molar-refractivity contribution in [2.75, 3.05) is 12.3 Å². The number of aryl methyl sites for hydroxylation is 1. The molecule has 1 saturated heterocycles. The van der Waals surface area contributed by atoms with Gasteiger partial charge in [0.2, 0.25) is 21.8 Å². The van der Waals surface area contributed by atoms with Gasteiger partial charge in [-0.2, -0.15) is 10.2 Å². The lowest BCUT2D eigenvalue weighted by atomic mass is 9.94. The summed E-state index contributed by atoms with van der Waals surface area (Å²) in [5.41, 5.74) is 3.87. The molecule has 5 atom stereocenters. The number of nitriles is 1. The Labute approximate surface area is 232 Å². The highest BCUT2D eigenvalue weighted by atomic mass is 79.9. The number of nitrogens with one attached hydrogen (secondary N) is 1. The van der Waals surface area contributed by atoms with Crippen LogP contribution >= 0.6 is 23.7 Å². The second kappa shape index (κ2) is 9.87. The topological polar surface area (TPSA) is 229 Å². The number of aliphatic hydroxyl groups excluding tert-OH is 1. The normalized spacial score (nSPS) is 29.5. The molecular weight excluding hydrogens is 622 g/mol. The molecule has 2 aliphatic rings. The van der Waals surface area contributed by atoms with Gasteiger partial charge in [0, 0.05) is 30.8 Å². The van der Waals surface area contributed by atoms with E-state index in [2.05, 4.69) is 41.1 Å². The summed E-state index contributed by atoms with van der Waals surface area (Å²) in [6.07, 6.45) is -1.09. The van der Waals surface area contributed by atoms with E-state index in [1.807, 2.05) is 0 Å². The van der Waals surface area contributed by atoms with Gasteiger partial charge in [0.05, 0.1) is 18.5 Å². The van der Waals surface area contributed by atoms with Crippen LogP contribution in [0.25, 0.3) is 5.65 Å². The number of carbonyl (C=O) groups excluding carboxylic acids is 1. The van der Waals surface area contributed by atoms with Crippen molar-refractivity contribution in [2.24, 2.45) is 0 Å². The molecule has 0 saturated carbocycles. The van der Waals surface area contributed by atoms with Crippen molar-refractivity contribution in [1.82, 2.24) is 29.7 Å².